The van der Waals surface area contributed by atoms with Gasteiger partial charge in [0.2, 0.25) is 5.91 Å². The Morgan fingerprint density at radius 3 is 2.20 bits per heavy atom. The molecule has 1 atom stereocenters. The molecule has 5 heteroatoms. The first kappa shape index (κ1) is 17.1. The van der Waals surface area contributed by atoms with Gasteiger partial charge in [-0.2, -0.15) is 0 Å². The maximum Gasteiger partial charge on any atom is 0.234 e. The lowest BCUT2D eigenvalue weighted by atomic mass is 9.92. The predicted octanol–water partition coefficient (Wildman–Crippen LogP) is 3.41. The molecule has 0 aliphatic carbocycles. The van der Waals surface area contributed by atoms with E-state index in [0.717, 1.165) is 16.8 Å². The van der Waals surface area contributed by atoms with Crippen LogP contribution in [0.25, 0.3) is 0 Å². The molecule has 0 spiro atoms. The van der Waals surface area contributed by atoms with Gasteiger partial charge < -0.3 is 19.1 Å². The number of carbonyl (C=O) groups excluding carboxylic acids is 1. The maximum atomic E-state index is 12.9. The van der Waals surface area contributed by atoms with E-state index in [1.54, 1.807) is 21.3 Å². The molecule has 0 saturated carbocycles. The van der Waals surface area contributed by atoms with E-state index >= 15 is 0 Å². The van der Waals surface area contributed by atoms with Crippen molar-refractivity contribution >= 4 is 11.6 Å². The average Bonchev–Trinajstić information content (AvgIpc) is 2.92. The third-order valence-electron chi connectivity index (χ3n) is 4.71. The number of hydrogen-bond donors (Lipinski definition) is 0. The number of ether oxygens (including phenoxy) is 3. The molecule has 0 unspecified atom stereocenters. The summed E-state index contributed by atoms with van der Waals surface area (Å²) in [6.07, 6.45) is 0.517. The van der Waals surface area contributed by atoms with Crippen LogP contribution in [0.1, 0.15) is 24.0 Å². The van der Waals surface area contributed by atoms with Gasteiger partial charge in [-0.05, 0) is 25.0 Å². The lowest BCUT2D eigenvalue weighted by Crippen LogP contribution is -2.29. The fraction of sp³-hybridized carbons (Fsp3) is 0.350. The molecule has 0 radical (unpaired) electrons. The van der Waals surface area contributed by atoms with Gasteiger partial charge in [-0.15, -0.1) is 0 Å². The largest absolute Gasteiger partial charge is 0.496 e. The van der Waals surface area contributed by atoms with Gasteiger partial charge in [0.1, 0.15) is 17.2 Å². The van der Waals surface area contributed by atoms with Crippen LogP contribution in [-0.4, -0.2) is 33.8 Å². The molecule has 1 aliphatic heterocycles. The Balaban J connectivity index is 2.04. The van der Waals surface area contributed by atoms with Crippen LogP contribution < -0.4 is 19.1 Å². The number of methoxy groups -OCH3 is 3. The highest BCUT2D eigenvalue weighted by Gasteiger charge is 2.37. The van der Waals surface area contributed by atoms with Crippen molar-refractivity contribution in [1.29, 1.82) is 0 Å². The molecular weight excluding hydrogens is 318 g/mol. The van der Waals surface area contributed by atoms with Crippen molar-refractivity contribution in [2.75, 3.05) is 32.8 Å². The van der Waals surface area contributed by atoms with Crippen LogP contribution in [0, 0.1) is 0 Å². The van der Waals surface area contributed by atoms with Crippen LogP contribution in [0.2, 0.25) is 0 Å². The smallest absolute Gasteiger partial charge is 0.234 e. The van der Waals surface area contributed by atoms with E-state index in [9.17, 15) is 4.79 Å². The Bertz CT molecular complexity index is 762. The summed E-state index contributed by atoms with van der Waals surface area (Å²) >= 11 is 0. The zero-order chi connectivity index (χ0) is 18.0. The van der Waals surface area contributed by atoms with E-state index in [0.29, 0.717) is 30.2 Å². The summed E-state index contributed by atoms with van der Waals surface area (Å²) in [5.74, 6) is 1.86. The molecule has 0 N–H and O–H groups in total. The van der Waals surface area contributed by atoms with Gasteiger partial charge in [-0.1, -0.05) is 18.2 Å². The zero-order valence-corrected chi connectivity index (χ0v) is 15.0. The minimum absolute atomic E-state index is 0.114. The quantitative estimate of drug-likeness (QED) is 0.808. The number of anilines is 1. The molecule has 1 amide bonds. The number of amides is 1. The first-order chi connectivity index (χ1) is 12.1. The molecule has 5 nitrogen and oxygen atoms in total. The van der Waals surface area contributed by atoms with E-state index in [-0.39, 0.29) is 11.8 Å². The van der Waals surface area contributed by atoms with Crippen molar-refractivity contribution in [2.45, 2.75) is 19.3 Å². The number of hydrogen-bond acceptors (Lipinski definition) is 4. The van der Waals surface area contributed by atoms with Crippen molar-refractivity contribution in [2.24, 2.45) is 0 Å². The summed E-state index contributed by atoms with van der Waals surface area (Å²) in [5, 5.41) is 0. The van der Waals surface area contributed by atoms with Crippen molar-refractivity contribution in [3.05, 3.63) is 47.5 Å². The molecule has 132 valence electrons. The Morgan fingerprint density at radius 2 is 1.64 bits per heavy atom. The van der Waals surface area contributed by atoms with E-state index in [2.05, 4.69) is 0 Å². The van der Waals surface area contributed by atoms with Crippen molar-refractivity contribution < 1.29 is 19.0 Å². The summed E-state index contributed by atoms with van der Waals surface area (Å²) in [6.45, 7) is 2.65. The highest BCUT2D eigenvalue weighted by Crippen LogP contribution is 2.43. The lowest BCUT2D eigenvalue weighted by Gasteiger charge is -2.18. The van der Waals surface area contributed by atoms with E-state index in [1.165, 1.54) is 0 Å². The summed E-state index contributed by atoms with van der Waals surface area (Å²) < 4.78 is 16.4. The molecule has 3 rings (SSSR count). The molecular formula is C20H23NO4. The number of fused-ring (bicyclic) bond motifs is 1. The number of para-hydroxylation sites is 1. The number of carbonyl (C=O) groups is 1. The third-order valence-corrected chi connectivity index (χ3v) is 4.71. The molecule has 1 aliphatic rings. The topological polar surface area (TPSA) is 48.0 Å². The second kappa shape index (κ2) is 7.05. The fourth-order valence-corrected chi connectivity index (χ4v) is 3.47. The van der Waals surface area contributed by atoms with Gasteiger partial charge in [0.25, 0.3) is 0 Å². The van der Waals surface area contributed by atoms with Gasteiger partial charge >= 0.3 is 0 Å². The zero-order valence-electron chi connectivity index (χ0n) is 15.0. The minimum Gasteiger partial charge on any atom is -0.496 e. The number of likely N-dealkylation sites (N-methyl/N-ethyl adjacent to an activating group) is 1. The number of benzene rings is 2. The van der Waals surface area contributed by atoms with E-state index in [4.69, 9.17) is 14.2 Å². The average molecular weight is 341 g/mol. The molecule has 0 saturated heterocycles. The van der Waals surface area contributed by atoms with Crippen LogP contribution in [0.4, 0.5) is 5.69 Å². The monoisotopic (exact) mass is 341 g/mol. The molecule has 25 heavy (non-hydrogen) atoms. The molecule has 0 fully saturated rings. The van der Waals surface area contributed by atoms with Gasteiger partial charge in [0, 0.05) is 29.9 Å². The van der Waals surface area contributed by atoms with Crippen LogP contribution >= 0.6 is 0 Å². The van der Waals surface area contributed by atoms with Crippen LogP contribution in [0.3, 0.4) is 0 Å². The summed E-state index contributed by atoms with van der Waals surface area (Å²) in [4.78, 5) is 14.8. The second-order valence-corrected chi connectivity index (χ2v) is 5.91. The normalized spacial score (nSPS) is 15.9. The number of nitrogens with zero attached hydrogens (tertiary/aromatic N) is 1. The Hall–Kier alpha value is -2.69. The minimum atomic E-state index is -0.243. The molecule has 0 aromatic heterocycles. The van der Waals surface area contributed by atoms with Crippen molar-refractivity contribution in [3.8, 4) is 17.2 Å². The Kier molecular flexibility index (Phi) is 4.83. The van der Waals surface area contributed by atoms with Gasteiger partial charge in [0.05, 0.1) is 27.2 Å². The highest BCUT2D eigenvalue weighted by molar-refractivity contribution is 6.05. The maximum absolute atomic E-state index is 12.9. The van der Waals surface area contributed by atoms with E-state index in [1.807, 2.05) is 48.2 Å². The molecule has 2 aromatic rings. The van der Waals surface area contributed by atoms with Crippen LogP contribution in [0.5, 0.6) is 17.2 Å². The SMILES string of the molecule is CCN1C(=O)[C@H](Cc2c(OC)cc(OC)cc2OC)c2ccccc21. The highest BCUT2D eigenvalue weighted by atomic mass is 16.5. The summed E-state index contributed by atoms with van der Waals surface area (Å²) in [5.41, 5.74) is 2.91. The Morgan fingerprint density at radius 1 is 1.00 bits per heavy atom. The Labute approximate surface area is 148 Å². The van der Waals surface area contributed by atoms with Crippen molar-refractivity contribution in [3.63, 3.8) is 0 Å². The summed E-state index contributed by atoms with van der Waals surface area (Å²) in [7, 11) is 4.82. The van der Waals surface area contributed by atoms with Crippen LogP contribution in [-0.2, 0) is 11.2 Å². The molecule has 0 bridgehead atoms. The number of rotatable bonds is 6. The van der Waals surface area contributed by atoms with E-state index < -0.39 is 0 Å². The summed E-state index contributed by atoms with van der Waals surface area (Å²) in [6, 6.07) is 11.6. The van der Waals surface area contributed by atoms with Crippen LogP contribution in [0.15, 0.2) is 36.4 Å². The first-order valence-corrected chi connectivity index (χ1v) is 8.33. The van der Waals surface area contributed by atoms with Crippen molar-refractivity contribution in [1.82, 2.24) is 0 Å². The fourth-order valence-electron chi connectivity index (χ4n) is 3.47. The standard InChI is InChI=1S/C20H23NO4/c1-5-21-17-9-7-6-8-14(17)15(20(21)22)12-16-18(24-3)10-13(23-2)11-19(16)25-4/h6-11,15H,5,12H2,1-4H3/t15-/m1/s1. The first-order valence-electron chi connectivity index (χ1n) is 8.33. The van der Waals surface area contributed by atoms with Gasteiger partial charge in [-0.3, -0.25) is 4.79 Å². The molecule has 1 heterocycles. The van der Waals surface area contributed by atoms with Gasteiger partial charge in [-0.25, -0.2) is 0 Å². The predicted molar refractivity (Wildman–Crippen MR) is 97.0 cm³/mol. The third kappa shape index (κ3) is 2.90. The lowest BCUT2D eigenvalue weighted by molar-refractivity contribution is -0.119. The van der Waals surface area contributed by atoms with Gasteiger partial charge in [0.15, 0.2) is 0 Å². The molecule has 2 aromatic carbocycles. The second-order valence-electron chi connectivity index (χ2n) is 5.91.